The monoisotopic (exact) mass is 913 g/mol. The van der Waals surface area contributed by atoms with E-state index in [2.05, 4.69) is 39.5 Å². The maximum Gasteiger partial charge on any atom is 0.135 e. The van der Waals surface area contributed by atoms with Crippen LogP contribution in [0.2, 0.25) is 0 Å². The van der Waals surface area contributed by atoms with Crippen molar-refractivity contribution in [2.45, 2.75) is 317 Å². The Hall–Kier alpha value is -0.740. The van der Waals surface area contributed by atoms with Crippen LogP contribution < -0.4 is 5.73 Å². The third-order valence-corrected chi connectivity index (χ3v) is 16.2. The molecule has 0 bridgehead atoms. The van der Waals surface area contributed by atoms with Crippen molar-refractivity contribution in [3.63, 3.8) is 0 Å². The molecule has 4 heteroatoms. The summed E-state index contributed by atoms with van der Waals surface area (Å²) in [5, 5.41) is 0. The largest absolute Gasteiger partial charge is 0.329 e. The van der Waals surface area contributed by atoms with Gasteiger partial charge in [0.05, 0.1) is 0 Å². The number of carbonyl (C=O) groups excluding carboxylic acids is 2. The van der Waals surface area contributed by atoms with Gasteiger partial charge in [-0.2, -0.15) is 0 Å². The topological polar surface area (TPSA) is 63.4 Å². The van der Waals surface area contributed by atoms with Gasteiger partial charge in [0.25, 0.3) is 0 Å². The van der Waals surface area contributed by atoms with E-state index in [0.29, 0.717) is 18.1 Å². The van der Waals surface area contributed by atoms with Gasteiger partial charge in [-0.05, 0) is 94.0 Å². The van der Waals surface area contributed by atoms with Crippen LogP contribution in [0.3, 0.4) is 0 Å². The standard InChI is InChI=1S/C39H76N2O2.C22H44/c1-3-5-7-9-14-20-26-36(27-21-15-10-8-6-4-2)37-34-38(35-37)39(43)28-22-16-13-18-24-31-41(32-29-40)30-23-17-11-12-19-25-33-42;1-4-6-8-10-12-14-16-21(22-18-20(3)19-22)17-15-13-11-9-7-5-2/h33,36-38H,3-32,34-35,40H2,1-2H3;20-22H,4-19H2,1-3H3. The molecule has 386 valence electrons. The average Bonchev–Trinajstić information content (AvgIpc) is 3.28. The van der Waals surface area contributed by atoms with Gasteiger partial charge in [-0.1, -0.05) is 253 Å². The quantitative estimate of drug-likeness (QED) is 0.0488. The summed E-state index contributed by atoms with van der Waals surface area (Å²) in [4.78, 5) is 25.9. The maximum absolute atomic E-state index is 12.9. The van der Waals surface area contributed by atoms with Gasteiger partial charge in [0.1, 0.15) is 12.1 Å². The summed E-state index contributed by atoms with van der Waals surface area (Å²) in [6.07, 6.45) is 60.3. The third kappa shape index (κ3) is 36.0. The van der Waals surface area contributed by atoms with Gasteiger partial charge in [-0.15, -0.1) is 0 Å². The van der Waals surface area contributed by atoms with Gasteiger partial charge in [0, 0.05) is 31.8 Å². The number of Topliss-reactive ketones (excluding diaryl/α,β-unsaturated/α-hetero) is 1. The summed E-state index contributed by atoms with van der Waals surface area (Å²) in [6, 6.07) is 0. The Labute approximate surface area is 409 Å². The second-order valence-electron chi connectivity index (χ2n) is 22.3. The minimum absolute atomic E-state index is 0.386. The first-order valence-corrected chi connectivity index (χ1v) is 30.3. The molecule has 2 aliphatic carbocycles. The van der Waals surface area contributed by atoms with E-state index in [1.54, 1.807) is 12.8 Å². The molecule has 2 rings (SSSR count). The molecule has 2 fully saturated rings. The minimum atomic E-state index is 0.386. The van der Waals surface area contributed by atoms with Crippen molar-refractivity contribution in [3.05, 3.63) is 0 Å². The lowest BCUT2D eigenvalue weighted by Crippen LogP contribution is -2.35. The highest BCUT2D eigenvalue weighted by Gasteiger charge is 2.37. The molecule has 0 aromatic rings. The van der Waals surface area contributed by atoms with E-state index in [1.165, 1.54) is 244 Å². The summed E-state index contributed by atoms with van der Waals surface area (Å²) in [5.74, 6) is 5.88. The Morgan fingerprint density at radius 1 is 0.462 bits per heavy atom. The highest BCUT2D eigenvalue weighted by Crippen LogP contribution is 2.44. The van der Waals surface area contributed by atoms with Gasteiger partial charge >= 0.3 is 0 Å². The van der Waals surface area contributed by atoms with E-state index in [4.69, 9.17) is 5.73 Å². The number of hydrogen-bond acceptors (Lipinski definition) is 4. The van der Waals surface area contributed by atoms with Crippen LogP contribution in [0.4, 0.5) is 0 Å². The van der Waals surface area contributed by atoms with Crippen molar-refractivity contribution in [1.29, 1.82) is 0 Å². The van der Waals surface area contributed by atoms with Crippen molar-refractivity contribution in [3.8, 4) is 0 Å². The highest BCUT2D eigenvalue weighted by molar-refractivity contribution is 5.81. The number of nitrogens with two attached hydrogens (primary N) is 1. The van der Waals surface area contributed by atoms with E-state index in [0.717, 1.165) is 81.3 Å². The molecule has 0 saturated heterocycles. The fourth-order valence-corrected chi connectivity index (χ4v) is 11.6. The van der Waals surface area contributed by atoms with Gasteiger partial charge in [0.2, 0.25) is 0 Å². The van der Waals surface area contributed by atoms with Crippen LogP contribution in [0.1, 0.15) is 317 Å². The van der Waals surface area contributed by atoms with E-state index in [1.807, 2.05) is 0 Å². The zero-order valence-corrected chi connectivity index (χ0v) is 45.3. The number of rotatable bonds is 49. The SMILES string of the molecule is CCCCCCCCC(CCCCCCCC)C1CC(C(=O)CCCCCCCN(CCN)CCCCCCCC=O)C1.CCCCCCCCC(CCCCCCCC)C1CC(C)C1. The smallest absolute Gasteiger partial charge is 0.135 e. The van der Waals surface area contributed by atoms with Crippen LogP contribution >= 0.6 is 0 Å². The first kappa shape index (κ1) is 62.3. The summed E-state index contributed by atoms with van der Waals surface area (Å²) in [7, 11) is 0. The fraction of sp³-hybridized carbons (Fsp3) is 0.967. The third-order valence-electron chi connectivity index (χ3n) is 16.2. The Kier molecular flexibility index (Phi) is 45.0. The van der Waals surface area contributed by atoms with Crippen molar-refractivity contribution < 1.29 is 9.59 Å². The lowest BCUT2D eigenvalue weighted by Gasteiger charge is -2.40. The van der Waals surface area contributed by atoms with Gasteiger partial charge in [-0.25, -0.2) is 0 Å². The zero-order valence-electron chi connectivity index (χ0n) is 45.3. The second-order valence-corrected chi connectivity index (χ2v) is 22.3. The lowest BCUT2D eigenvalue weighted by molar-refractivity contribution is -0.128. The van der Waals surface area contributed by atoms with E-state index >= 15 is 0 Å². The first-order chi connectivity index (χ1) is 31.9. The summed E-state index contributed by atoms with van der Waals surface area (Å²) < 4.78 is 0. The van der Waals surface area contributed by atoms with E-state index < -0.39 is 0 Å². The predicted molar refractivity (Wildman–Crippen MR) is 289 cm³/mol. The normalized spacial score (nSPS) is 18.2. The Balaban J connectivity index is 0.000000802. The van der Waals surface area contributed by atoms with E-state index in [-0.39, 0.29) is 0 Å². The van der Waals surface area contributed by atoms with Gasteiger partial charge in [-0.3, -0.25) is 4.79 Å². The zero-order chi connectivity index (χ0) is 47.3. The van der Waals surface area contributed by atoms with Crippen molar-refractivity contribution >= 4 is 12.1 Å². The van der Waals surface area contributed by atoms with E-state index in [9.17, 15) is 9.59 Å². The number of ketones is 1. The Bertz CT molecular complexity index is 956. The predicted octanol–water partition coefficient (Wildman–Crippen LogP) is 19.0. The molecular weight excluding hydrogens is 793 g/mol. The molecule has 2 N–H and O–H groups in total. The van der Waals surface area contributed by atoms with Gasteiger partial charge in [0.15, 0.2) is 0 Å². The number of hydrogen-bond donors (Lipinski definition) is 1. The summed E-state index contributed by atoms with van der Waals surface area (Å²) in [6.45, 7) is 15.7. The molecule has 0 atom stereocenters. The Morgan fingerprint density at radius 3 is 1.17 bits per heavy atom. The van der Waals surface area contributed by atoms with Crippen LogP contribution in [-0.4, -0.2) is 43.1 Å². The van der Waals surface area contributed by atoms with Crippen molar-refractivity contribution in [1.82, 2.24) is 4.90 Å². The number of aldehydes is 1. The van der Waals surface area contributed by atoms with Crippen LogP contribution in [0.5, 0.6) is 0 Å². The van der Waals surface area contributed by atoms with Crippen LogP contribution in [-0.2, 0) is 9.59 Å². The average molecular weight is 914 g/mol. The first-order valence-electron chi connectivity index (χ1n) is 30.3. The molecular formula is C61H120N2O2. The van der Waals surface area contributed by atoms with Gasteiger partial charge < -0.3 is 15.4 Å². The second kappa shape index (κ2) is 47.0. The molecule has 0 amide bonds. The molecule has 0 aromatic carbocycles. The molecule has 65 heavy (non-hydrogen) atoms. The molecule has 0 aliphatic heterocycles. The maximum atomic E-state index is 12.9. The fourth-order valence-electron chi connectivity index (χ4n) is 11.6. The molecule has 0 radical (unpaired) electrons. The molecule has 0 spiro atoms. The highest BCUT2D eigenvalue weighted by atomic mass is 16.1. The van der Waals surface area contributed by atoms with Crippen LogP contribution in [0.25, 0.3) is 0 Å². The summed E-state index contributed by atoms with van der Waals surface area (Å²) in [5.41, 5.74) is 5.86. The van der Waals surface area contributed by atoms with Crippen molar-refractivity contribution in [2.75, 3.05) is 26.2 Å². The molecule has 0 unspecified atom stereocenters. The van der Waals surface area contributed by atoms with Crippen molar-refractivity contribution in [2.24, 2.45) is 41.2 Å². The molecule has 2 aliphatic rings. The summed E-state index contributed by atoms with van der Waals surface area (Å²) >= 11 is 0. The van der Waals surface area contributed by atoms with Crippen LogP contribution in [0.15, 0.2) is 0 Å². The number of nitrogens with zero attached hydrogens (tertiary/aromatic N) is 1. The molecule has 0 aromatic heterocycles. The minimum Gasteiger partial charge on any atom is -0.329 e. The Morgan fingerprint density at radius 2 is 0.800 bits per heavy atom. The number of unbranched alkanes of at least 4 members (excludes halogenated alkanes) is 29. The lowest BCUT2D eigenvalue weighted by atomic mass is 9.64. The van der Waals surface area contributed by atoms with Crippen LogP contribution in [0, 0.1) is 35.5 Å². The number of carbonyl (C=O) groups is 2. The molecule has 4 nitrogen and oxygen atoms in total. The molecule has 0 heterocycles. The molecule has 2 saturated carbocycles.